The van der Waals surface area contributed by atoms with Crippen molar-refractivity contribution in [3.63, 3.8) is 0 Å². The first kappa shape index (κ1) is 83.2. The van der Waals surface area contributed by atoms with Gasteiger partial charge in [0.05, 0.1) is 53.1 Å². The van der Waals surface area contributed by atoms with Gasteiger partial charge in [-0.1, -0.05) is 70.7 Å². The molecule has 5 N–H and O–H groups in total. The lowest BCUT2D eigenvalue weighted by atomic mass is 9.95. The molecular formula is C97H68Cl4F4N16O4. The van der Waals surface area contributed by atoms with Crippen LogP contribution in [0.25, 0.3) is 172 Å². The number of fused-ring (bicyclic) bond motifs is 8. The van der Waals surface area contributed by atoms with Crippen LogP contribution in [0.4, 0.5) is 17.6 Å². The Kier molecular flexibility index (Phi) is 24.3. The molecule has 20 rings (SSSR count). The lowest BCUT2D eigenvalue weighted by molar-refractivity contribution is 0.0805. The number of likely N-dealkylation sites (N-methyl/N-ethyl adjacent to an activating group) is 1. The highest BCUT2D eigenvalue weighted by atomic mass is 35.5. The van der Waals surface area contributed by atoms with Crippen LogP contribution in [0.2, 0.25) is 20.1 Å². The van der Waals surface area contributed by atoms with Crippen molar-refractivity contribution in [3.05, 3.63) is 346 Å². The highest BCUT2D eigenvalue weighted by Crippen LogP contribution is 2.44. The summed E-state index contributed by atoms with van der Waals surface area (Å²) in [6, 6.07) is 57.4. The molecule has 0 fully saturated rings. The summed E-state index contributed by atoms with van der Waals surface area (Å²) in [5.74, 6) is -0.829. The summed E-state index contributed by atoms with van der Waals surface area (Å²) < 4.78 is 65.8. The van der Waals surface area contributed by atoms with Gasteiger partial charge in [-0.3, -0.25) is 24.7 Å². The molecule has 0 saturated heterocycles. The second-order valence-electron chi connectivity index (χ2n) is 29.2. The van der Waals surface area contributed by atoms with Crippen molar-refractivity contribution in [2.75, 3.05) is 33.9 Å². The van der Waals surface area contributed by atoms with Crippen LogP contribution in [0, 0.1) is 23.3 Å². The maximum Gasteiger partial charge on any atom is 0.260 e. The van der Waals surface area contributed by atoms with Crippen molar-refractivity contribution in [1.29, 1.82) is 0 Å². The molecule has 6 aromatic carbocycles. The van der Waals surface area contributed by atoms with E-state index in [1.807, 2.05) is 136 Å². The molecule has 19 aromatic rings. The van der Waals surface area contributed by atoms with E-state index in [0.29, 0.717) is 116 Å². The summed E-state index contributed by atoms with van der Waals surface area (Å²) in [6.07, 6.45) is 22.4. The van der Waals surface area contributed by atoms with E-state index in [1.165, 1.54) is 59.3 Å². The maximum absolute atomic E-state index is 14.7. The Hall–Kier alpha value is -14.1. The number of ether oxygens (including phenoxy) is 1. The van der Waals surface area contributed by atoms with Crippen molar-refractivity contribution < 1.29 is 32.5 Å². The molecule has 0 bridgehead atoms. The quantitative estimate of drug-likeness (QED) is 0.0695. The Morgan fingerprint density at radius 3 is 1.41 bits per heavy atom. The molecule has 14 heterocycles. The Bertz CT molecular complexity index is 7510. The van der Waals surface area contributed by atoms with Crippen LogP contribution in [0.15, 0.2) is 286 Å². The first-order valence-electron chi connectivity index (χ1n) is 39.1. The monoisotopic (exact) mass is 1740 g/mol. The van der Waals surface area contributed by atoms with Gasteiger partial charge < -0.3 is 35.5 Å². The van der Waals surface area contributed by atoms with Crippen molar-refractivity contribution in [2.45, 2.75) is 18.8 Å². The van der Waals surface area contributed by atoms with Gasteiger partial charge in [-0.25, -0.2) is 57.4 Å². The third-order valence-electron chi connectivity index (χ3n) is 21.0. The first-order chi connectivity index (χ1) is 60.8. The normalized spacial score (nSPS) is 12.5. The summed E-state index contributed by atoms with van der Waals surface area (Å²) in [5, 5.41) is 32.2. The van der Waals surface area contributed by atoms with Crippen molar-refractivity contribution in [1.82, 2.24) is 74.6 Å². The van der Waals surface area contributed by atoms with Crippen LogP contribution in [0.3, 0.4) is 0 Å². The second kappa shape index (κ2) is 36.6. The Morgan fingerprint density at radius 2 is 0.896 bits per heavy atom. The Morgan fingerprint density at radius 1 is 0.448 bits per heavy atom. The minimum absolute atomic E-state index is 0.107. The molecule has 0 spiro atoms. The molecule has 0 saturated carbocycles. The highest BCUT2D eigenvalue weighted by Gasteiger charge is 2.25. The number of hydrogen-bond acceptors (Lipinski definition) is 19. The van der Waals surface area contributed by atoms with Gasteiger partial charge in [-0.15, -0.1) is 0 Å². The fourth-order valence-electron chi connectivity index (χ4n) is 15.0. The van der Waals surface area contributed by atoms with Gasteiger partial charge >= 0.3 is 0 Å². The minimum atomic E-state index is -1.12. The number of nitrogens with two attached hydrogens (primary N) is 1. The van der Waals surface area contributed by atoms with Gasteiger partial charge in [0.1, 0.15) is 41.8 Å². The van der Waals surface area contributed by atoms with Gasteiger partial charge in [0.25, 0.3) is 5.56 Å². The number of pyridine rings is 13. The molecule has 0 aliphatic carbocycles. The molecule has 1 aliphatic rings. The van der Waals surface area contributed by atoms with Crippen LogP contribution in [0.5, 0.6) is 5.75 Å². The molecule has 0 radical (unpaired) electrons. The van der Waals surface area contributed by atoms with Gasteiger partial charge in [-0.2, -0.15) is 0 Å². The van der Waals surface area contributed by atoms with E-state index in [2.05, 4.69) is 70.0 Å². The molecule has 28 heteroatoms. The third kappa shape index (κ3) is 17.5. The molecule has 13 aromatic heterocycles. The Labute approximate surface area is 730 Å². The summed E-state index contributed by atoms with van der Waals surface area (Å²) in [4.78, 5) is 68.3. The molecule has 2 unspecified atom stereocenters. The molecule has 125 heavy (non-hydrogen) atoms. The van der Waals surface area contributed by atoms with E-state index in [1.54, 1.807) is 110 Å². The molecular weight excluding hydrogens is 1670 g/mol. The average Bonchev–Trinajstić information content (AvgIpc) is 0.766. The zero-order valence-electron chi connectivity index (χ0n) is 66.2. The third-order valence-corrected chi connectivity index (χ3v) is 22.0. The maximum atomic E-state index is 14.7. The zero-order valence-corrected chi connectivity index (χ0v) is 69.2. The minimum Gasteiger partial charge on any atom is -0.492 e. The Balaban J connectivity index is 0.000000118. The number of hydrogen-bond donors (Lipinski definition) is 4. The van der Waals surface area contributed by atoms with Crippen LogP contribution in [0.1, 0.15) is 17.3 Å². The van der Waals surface area contributed by atoms with Gasteiger partial charge in [-0.05, 0) is 252 Å². The largest absolute Gasteiger partial charge is 0.492 e. The van der Waals surface area contributed by atoms with Crippen molar-refractivity contribution in [2.24, 2.45) is 5.73 Å². The fraction of sp³-hybridized carbons (Fsp3) is 0.0825. The number of nitrogens with zero attached hydrogens (tertiary/aromatic N) is 14. The summed E-state index contributed by atoms with van der Waals surface area (Å²) in [6.45, 7) is 0.771. The lowest BCUT2D eigenvalue weighted by Gasteiger charge is -2.22. The predicted molar refractivity (Wildman–Crippen MR) is 486 cm³/mol. The number of aliphatic hydroxyl groups excluding tert-OH is 2. The summed E-state index contributed by atoms with van der Waals surface area (Å²) in [5.41, 5.74) is 19.4. The summed E-state index contributed by atoms with van der Waals surface area (Å²) in [7, 11) is 4.02. The zero-order chi connectivity index (χ0) is 86.5. The van der Waals surface area contributed by atoms with E-state index in [4.69, 9.17) is 56.9 Å². The molecule has 2 atom stereocenters. The molecule has 20 nitrogen and oxygen atoms in total. The molecule has 616 valence electrons. The second-order valence-corrected chi connectivity index (χ2v) is 30.9. The smallest absolute Gasteiger partial charge is 0.260 e. The van der Waals surface area contributed by atoms with Gasteiger partial charge in [0.2, 0.25) is 0 Å². The predicted octanol–water partition coefficient (Wildman–Crippen LogP) is 21.1. The summed E-state index contributed by atoms with van der Waals surface area (Å²) >= 11 is 24.8. The fourth-order valence-corrected chi connectivity index (χ4v) is 15.7. The van der Waals surface area contributed by atoms with Crippen molar-refractivity contribution >= 4 is 129 Å². The first-order valence-corrected chi connectivity index (χ1v) is 40.6. The number of rotatable bonds is 15. The van der Waals surface area contributed by atoms with Crippen LogP contribution in [-0.4, -0.2) is 119 Å². The van der Waals surface area contributed by atoms with E-state index in [9.17, 15) is 32.6 Å². The highest BCUT2D eigenvalue weighted by molar-refractivity contribution is 6.36. The van der Waals surface area contributed by atoms with E-state index >= 15 is 0 Å². The standard InChI is InChI=1S/C27H22ClFN4O.C25H18ClFN4O3.C23H12Cl2FN3.C22H16FN5/c1-33(2)12-13-34-26-8-6-18(19-9-11-30-16-23(19)26)21-15-25(22-14-17(28)5-7-24(22)29)32-27-20(21)4-3-10-31-27;26-14-3-4-22(27)19(8-14)23-9-18(17-2-1-6-29-24(17)30-23)21-12-31(11-15(33)13-32)25(34)20-10-28-7-5-16(20)21;24-13-3-6-21(26)18(10-13)22-11-17(16-2-1-8-28-23(16)29-22)14-4-5-20(25)19-12-27-9-7-15(14)19;23-18-6-2-1-4-16(18)19-12-17(15-5-3-9-27-22(15)28-19)20-13-7-11-26-21(24)14(13)8-10-25-20/h3-11,14-16H,12-13H2,1-2H3;1-10,12,15,32-33H,11,13H2;1-12H;1-12,21,26H,24H2. The van der Waals surface area contributed by atoms with E-state index in [0.717, 1.165) is 94.6 Å². The number of aromatic nitrogens is 13. The molecule has 1 aliphatic heterocycles. The van der Waals surface area contributed by atoms with Gasteiger partial charge in [0.15, 0.2) is 22.6 Å². The SMILES string of the molecule is CN(C)CCOc1ccc(-c2cc(-c3cc(Cl)ccc3F)nc3ncccc23)c2ccncc12.Fc1ccc(Cl)cc1-c1cc(-c2ccc(Cl)c3cnccc23)c2cccnc2n1.NC1NC=Cc2c1ccnc2-c1cc(-c2ccccc2F)nc2ncccc12.O=c1c2cnccc2c(-c2cc(-c3cc(Cl)ccc3F)nc3ncccc23)cn1CC(O)CO. The number of benzene rings is 6. The van der Waals surface area contributed by atoms with Crippen molar-refractivity contribution in [3.8, 4) is 95.4 Å². The van der Waals surface area contributed by atoms with Crippen LogP contribution in [-0.2, 0) is 6.54 Å². The van der Waals surface area contributed by atoms with Crippen LogP contribution >= 0.6 is 46.4 Å². The van der Waals surface area contributed by atoms with Gasteiger partial charge in [0, 0.05) is 172 Å². The topological polar surface area (TPSA) is 268 Å². The van der Waals surface area contributed by atoms with E-state index < -0.39 is 30.2 Å². The molecule has 0 amide bonds. The van der Waals surface area contributed by atoms with Crippen LogP contribution < -0.4 is 21.3 Å². The number of nitrogens with one attached hydrogen (secondary N) is 1. The number of aliphatic hydroxyl groups is 2. The number of halogens is 8. The average molecular weight is 1740 g/mol. The van der Waals surface area contributed by atoms with E-state index in [-0.39, 0.29) is 29.7 Å². The lowest BCUT2D eigenvalue weighted by Crippen LogP contribution is -2.28.